The number of hydrogen-bond donors (Lipinski definition) is 0. The van der Waals surface area contributed by atoms with Crippen molar-refractivity contribution in [3.63, 3.8) is 0 Å². The molecule has 4 nitrogen and oxygen atoms in total. The van der Waals surface area contributed by atoms with Gasteiger partial charge in [0.2, 0.25) is 0 Å². The Hall–Kier alpha value is -2.75. The minimum atomic E-state index is 0.670. The number of anilines is 2. The average molecular weight is 403 g/mol. The summed E-state index contributed by atoms with van der Waals surface area (Å²) in [5.41, 5.74) is 5.79. The molecule has 158 valence electrons. The lowest BCUT2D eigenvalue weighted by Gasteiger charge is -2.33. The summed E-state index contributed by atoms with van der Waals surface area (Å²) in [5.74, 6) is 1.52. The van der Waals surface area contributed by atoms with Crippen LogP contribution in [0.25, 0.3) is 0 Å². The zero-order valence-corrected chi connectivity index (χ0v) is 18.5. The number of para-hydroxylation sites is 2. The van der Waals surface area contributed by atoms with Crippen LogP contribution < -0.4 is 9.80 Å². The normalized spacial score (nSPS) is 20.1. The molecule has 3 heterocycles. The zero-order valence-electron chi connectivity index (χ0n) is 18.5. The Morgan fingerprint density at radius 2 is 1.40 bits per heavy atom. The second-order valence-electron chi connectivity index (χ2n) is 8.83. The zero-order chi connectivity index (χ0) is 20.9. The lowest BCUT2D eigenvalue weighted by Crippen LogP contribution is -2.34. The first-order valence-electron chi connectivity index (χ1n) is 11.2. The Morgan fingerprint density at radius 3 is 1.97 bits per heavy atom. The van der Waals surface area contributed by atoms with Crippen molar-refractivity contribution >= 4 is 11.4 Å². The van der Waals surface area contributed by atoms with Crippen molar-refractivity contribution in [3.05, 3.63) is 78.4 Å². The van der Waals surface area contributed by atoms with Gasteiger partial charge in [0.25, 0.3) is 0 Å². The molecule has 0 radical (unpaired) electrons. The van der Waals surface area contributed by atoms with E-state index in [1.54, 1.807) is 0 Å². The van der Waals surface area contributed by atoms with Gasteiger partial charge >= 0.3 is 0 Å². The molecule has 4 heteroatoms. The van der Waals surface area contributed by atoms with Crippen molar-refractivity contribution in [3.8, 4) is 0 Å². The van der Waals surface area contributed by atoms with Crippen molar-refractivity contribution < 1.29 is 0 Å². The summed E-state index contributed by atoms with van der Waals surface area (Å²) in [5, 5.41) is 0. The molecule has 0 amide bonds. The van der Waals surface area contributed by atoms with E-state index in [4.69, 9.17) is 0 Å². The van der Waals surface area contributed by atoms with Gasteiger partial charge in [0.05, 0.1) is 6.33 Å². The minimum Gasteiger partial charge on any atom is -0.374 e. The Morgan fingerprint density at radius 1 is 0.833 bits per heavy atom. The second-order valence-corrected chi connectivity index (χ2v) is 8.83. The van der Waals surface area contributed by atoms with Crippen molar-refractivity contribution in [1.82, 2.24) is 9.55 Å². The maximum atomic E-state index is 4.10. The molecular weight excluding hydrogens is 368 g/mol. The van der Waals surface area contributed by atoms with Gasteiger partial charge in [0.15, 0.2) is 0 Å². The molecule has 3 aromatic rings. The highest BCUT2D eigenvalue weighted by Gasteiger charge is 2.22. The first-order valence-corrected chi connectivity index (χ1v) is 11.2. The van der Waals surface area contributed by atoms with E-state index in [1.807, 2.05) is 18.7 Å². The van der Waals surface area contributed by atoms with Crippen LogP contribution in [-0.2, 0) is 19.4 Å². The number of hydrogen-bond acceptors (Lipinski definition) is 3. The molecule has 5 rings (SSSR count). The van der Waals surface area contributed by atoms with E-state index in [1.165, 1.54) is 48.3 Å². The SMILES string of the molecule is CCC1Cc2ccccc2N(C)C1.CN1CC(Cn2ccnc2)Cc2ccccc21. The topological polar surface area (TPSA) is 24.3 Å². The van der Waals surface area contributed by atoms with Crippen molar-refractivity contribution in [1.29, 1.82) is 0 Å². The fourth-order valence-electron chi connectivity index (χ4n) is 4.92. The number of fused-ring (bicyclic) bond motifs is 2. The monoisotopic (exact) mass is 402 g/mol. The van der Waals surface area contributed by atoms with Crippen LogP contribution in [0.5, 0.6) is 0 Å². The van der Waals surface area contributed by atoms with Gasteiger partial charge in [-0.1, -0.05) is 49.7 Å². The molecule has 0 spiro atoms. The lowest BCUT2D eigenvalue weighted by atomic mass is 9.91. The van der Waals surface area contributed by atoms with Crippen LogP contribution in [0.1, 0.15) is 24.5 Å². The Kier molecular flexibility index (Phi) is 6.41. The number of rotatable bonds is 3. The summed E-state index contributed by atoms with van der Waals surface area (Å²) in [4.78, 5) is 8.84. The highest BCUT2D eigenvalue weighted by atomic mass is 15.1. The molecule has 2 unspecified atom stereocenters. The van der Waals surface area contributed by atoms with E-state index in [-0.39, 0.29) is 0 Å². The van der Waals surface area contributed by atoms with E-state index in [0.717, 1.165) is 19.0 Å². The van der Waals surface area contributed by atoms with Gasteiger partial charge < -0.3 is 14.4 Å². The van der Waals surface area contributed by atoms with E-state index >= 15 is 0 Å². The maximum absolute atomic E-state index is 4.10. The highest BCUT2D eigenvalue weighted by molar-refractivity contribution is 5.55. The van der Waals surface area contributed by atoms with Crippen molar-refractivity contribution in [2.24, 2.45) is 11.8 Å². The number of nitrogens with zero attached hydrogens (tertiary/aromatic N) is 4. The van der Waals surface area contributed by atoms with Crippen LogP contribution in [0.15, 0.2) is 67.3 Å². The van der Waals surface area contributed by atoms with E-state index in [9.17, 15) is 0 Å². The van der Waals surface area contributed by atoms with E-state index < -0.39 is 0 Å². The number of benzene rings is 2. The van der Waals surface area contributed by atoms with E-state index in [0.29, 0.717) is 5.92 Å². The summed E-state index contributed by atoms with van der Waals surface area (Å²) in [6, 6.07) is 17.5. The number of aromatic nitrogens is 2. The van der Waals surface area contributed by atoms with Gasteiger partial charge in [-0.15, -0.1) is 0 Å². The number of imidazole rings is 1. The fourth-order valence-corrected chi connectivity index (χ4v) is 4.92. The van der Waals surface area contributed by atoms with Gasteiger partial charge in [0, 0.05) is 57.5 Å². The van der Waals surface area contributed by atoms with Crippen LogP contribution >= 0.6 is 0 Å². The summed E-state index contributed by atoms with van der Waals surface area (Å²) < 4.78 is 2.17. The quantitative estimate of drug-likeness (QED) is 0.623. The third-order valence-electron chi connectivity index (χ3n) is 6.49. The molecule has 1 aromatic heterocycles. The summed E-state index contributed by atoms with van der Waals surface area (Å²) in [6.07, 6.45) is 9.51. The first kappa shape index (κ1) is 20.5. The molecule has 0 fully saturated rings. The molecule has 2 aliphatic rings. The van der Waals surface area contributed by atoms with Gasteiger partial charge in [-0.05, 0) is 47.9 Å². The molecule has 0 saturated heterocycles. The van der Waals surface area contributed by atoms with Crippen LogP contribution in [-0.4, -0.2) is 36.7 Å². The average Bonchev–Trinajstić information content (AvgIpc) is 3.27. The molecule has 0 saturated carbocycles. The molecule has 0 N–H and O–H groups in total. The summed E-state index contributed by atoms with van der Waals surface area (Å²) in [6.45, 7) is 5.67. The third-order valence-corrected chi connectivity index (χ3v) is 6.49. The van der Waals surface area contributed by atoms with Crippen molar-refractivity contribution in [2.75, 3.05) is 37.0 Å². The predicted octanol–water partition coefficient (Wildman–Crippen LogP) is 4.90. The molecule has 30 heavy (non-hydrogen) atoms. The van der Waals surface area contributed by atoms with Gasteiger partial charge in [0.1, 0.15) is 0 Å². The minimum absolute atomic E-state index is 0.670. The molecule has 2 atom stereocenters. The summed E-state index contributed by atoms with van der Waals surface area (Å²) >= 11 is 0. The molecule has 2 aliphatic heterocycles. The largest absolute Gasteiger partial charge is 0.374 e. The second kappa shape index (κ2) is 9.38. The fraction of sp³-hybridized carbons (Fsp3) is 0.423. The first-order chi connectivity index (χ1) is 14.6. The smallest absolute Gasteiger partial charge is 0.0946 e. The molecule has 0 aliphatic carbocycles. The van der Waals surface area contributed by atoms with E-state index in [2.05, 4.69) is 88.9 Å². The predicted molar refractivity (Wildman–Crippen MR) is 126 cm³/mol. The lowest BCUT2D eigenvalue weighted by molar-refractivity contribution is 0.430. The maximum Gasteiger partial charge on any atom is 0.0946 e. The van der Waals surface area contributed by atoms with Crippen molar-refractivity contribution in [2.45, 2.75) is 32.7 Å². The Labute approximate surface area is 181 Å². The van der Waals surface area contributed by atoms with Crippen LogP contribution in [0, 0.1) is 11.8 Å². The van der Waals surface area contributed by atoms with Gasteiger partial charge in [-0.25, -0.2) is 4.98 Å². The standard InChI is InChI=1S/C14H17N3.C12H17N/c1-16-9-12(10-17-7-6-15-11-17)8-13-4-2-3-5-14(13)16;1-3-10-8-11-6-4-5-7-12(11)13(2)9-10/h2-7,11-12H,8-10H2,1H3;4-7,10H,3,8-9H2,1-2H3. The highest BCUT2D eigenvalue weighted by Crippen LogP contribution is 2.30. The Bertz CT molecular complexity index is 934. The van der Waals surface area contributed by atoms with Crippen LogP contribution in [0.3, 0.4) is 0 Å². The van der Waals surface area contributed by atoms with Gasteiger partial charge in [-0.2, -0.15) is 0 Å². The third kappa shape index (κ3) is 4.69. The molecule has 0 bridgehead atoms. The van der Waals surface area contributed by atoms with Crippen LogP contribution in [0.4, 0.5) is 11.4 Å². The molecular formula is C26H34N4. The van der Waals surface area contributed by atoms with Crippen LogP contribution in [0.2, 0.25) is 0 Å². The molecule has 2 aromatic carbocycles. The summed E-state index contributed by atoms with van der Waals surface area (Å²) in [7, 11) is 4.37. The van der Waals surface area contributed by atoms with Gasteiger partial charge in [-0.3, -0.25) is 0 Å². The Balaban J connectivity index is 0.000000151.